The molecule has 6 nitrogen and oxygen atoms in total. The minimum absolute atomic E-state index is 0.104. The summed E-state index contributed by atoms with van der Waals surface area (Å²) in [5.74, 6) is -0.702. The molecule has 0 spiro atoms. The Balaban J connectivity index is 1.78. The van der Waals surface area contributed by atoms with Crippen LogP contribution in [-0.4, -0.2) is 30.4 Å². The summed E-state index contributed by atoms with van der Waals surface area (Å²) in [6.07, 6.45) is 5.11. The largest absolute Gasteiger partial charge is 0.462 e. The second kappa shape index (κ2) is 9.05. The normalized spacial score (nSPS) is 16.5. The molecular formula is C18H24N2O4. The maximum absolute atomic E-state index is 12.0. The molecule has 0 bridgehead atoms. The fraction of sp³-hybridized carbons (Fsp3) is 0.500. The molecule has 0 aliphatic carbocycles. The van der Waals surface area contributed by atoms with Gasteiger partial charge < -0.3 is 15.4 Å². The van der Waals surface area contributed by atoms with E-state index in [1.165, 1.54) is 0 Å². The van der Waals surface area contributed by atoms with Gasteiger partial charge in [-0.05, 0) is 37.1 Å². The molecule has 0 saturated carbocycles. The summed E-state index contributed by atoms with van der Waals surface area (Å²) in [5, 5.41) is 5.35. The molecular weight excluding hydrogens is 308 g/mol. The second-order valence-electron chi connectivity index (χ2n) is 5.92. The van der Waals surface area contributed by atoms with Gasteiger partial charge in [0, 0.05) is 12.1 Å². The Morgan fingerprint density at radius 3 is 2.58 bits per heavy atom. The minimum atomic E-state index is -0.481. The first-order valence-electron chi connectivity index (χ1n) is 8.47. The third-order valence-electron chi connectivity index (χ3n) is 3.93. The maximum Gasteiger partial charge on any atom is 0.338 e. The zero-order chi connectivity index (χ0) is 17.4. The van der Waals surface area contributed by atoms with Crippen LogP contribution < -0.4 is 10.6 Å². The summed E-state index contributed by atoms with van der Waals surface area (Å²) in [4.78, 5) is 35.0. The lowest BCUT2D eigenvalue weighted by Gasteiger charge is -2.11. The van der Waals surface area contributed by atoms with Crippen molar-refractivity contribution in [2.75, 3.05) is 11.9 Å². The van der Waals surface area contributed by atoms with Crippen LogP contribution in [0.1, 0.15) is 55.8 Å². The topological polar surface area (TPSA) is 84.5 Å². The predicted molar refractivity (Wildman–Crippen MR) is 90.7 cm³/mol. The fourth-order valence-corrected chi connectivity index (χ4v) is 2.51. The van der Waals surface area contributed by atoms with Crippen LogP contribution in [-0.2, 0) is 14.3 Å². The highest BCUT2D eigenvalue weighted by atomic mass is 16.5. The van der Waals surface area contributed by atoms with Crippen LogP contribution in [0.4, 0.5) is 5.69 Å². The molecule has 1 heterocycles. The van der Waals surface area contributed by atoms with Gasteiger partial charge in [0.05, 0.1) is 12.2 Å². The van der Waals surface area contributed by atoms with E-state index in [-0.39, 0.29) is 17.8 Å². The van der Waals surface area contributed by atoms with Crippen LogP contribution in [0.25, 0.3) is 0 Å². The first-order valence-corrected chi connectivity index (χ1v) is 8.47. The van der Waals surface area contributed by atoms with Crippen LogP contribution in [0.3, 0.4) is 0 Å². The van der Waals surface area contributed by atoms with Crippen molar-refractivity contribution in [2.24, 2.45) is 0 Å². The third-order valence-corrected chi connectivity index (χ3v) is 3.93. The fourth-order valence-electron chi connectivity index (χ4n) is 2.51. The molecule has 1 atom stereocenters. The third kappa shape index (κ3) is 5.37. The summed E-state index contributed by atoms with van der Waals surface area (Å²) in [5.41, 5.74) is 1.04. The van der Waals surface area contributed by atoms with Gasteiger partial charge >= 0.3 is 5.97 Å². The molecule has 0 aromatic heterocycles. The highest BCUT2D eigenvalue weighted by Crippen LogP contribution is 2.14. The number of benzene rings is 1. The van der Waals surface area contributed by atoms with Gasteiger partial charge in [0.15, 0.2) is 0 Å². The second-order valence-corrected chi connectivity index (χ2v) is 5.92. The molecule has 2 N–H and O–H groups in total. The van der Waals surface area contributed by atoms with E-state index in [9.17, 15) is 14.4 Å². The number of hydrogen-bond acceptors (Lipinski definition) is 4. The van der Waals surface area contributed by atoms with Crippen molar-refractivity contribution < 1.29 is 19.1 Å². The average molecular weight is 332 g/mol. The summed E-state index contributed by atoms with van der Waals surface area (Å²) >= 11 is 0. The first kappa shape index (κ1) is 18.0. The Morgan fingerprint density at radius 2 is 1.96 bits per heavy atom. The molecule has 2 amide bonds. The van der Waals surface area contributed by atoms with Crippen LogP contribution in [0.15, 0.2) is 24.3 Å². The lowest BCUT2D eigenvalue weighted by Crippen LogP contribution is -2.37. The van der Waals surface area contributed by atoms with Gasteiger partial charge in [-0.2, -0.15) is 0 Å². The Morgan fingerprint density at radius 1 is 1.21 bits per heavy atom. The van der Waals surface area contributed by atoms with E-state index < -0.39 is 6.04 Å². The molecule has 6 heteroatoms. The average Bonchev–Trinajstić information content (AvgIpc) is 3.02. The van der Waals surface area contributed by atoms with Crippen LogP contribution >= 0.6 is 0 Å². The molecule has 1 aromatic rings. The smallest absolute Gasteiger partial charge is 0.338 e. The summed E-state index contributed by atoms with van der Waals surface area (Å²) in [7, 11) is 0. The van der Waals surface area contributed by atoms with Gasteiger partial charge in [0.1, 0.15) is 6.04 Å². The van der Waals surface area contributed by atoms with Gasteiger partial charge in [-0.3, -0.25) is 9.59 Å². The van der Waals surface area contributed by atoms with E-state index in [4.69, 9.17) is 4.74 Å². The van der Waals surface area contributed by atoms with Crippen molar-refractivity contribution >= 4 is 23.5 Å². The van der Waals surface area contributed by atoms with Crippen molar-refractivity contribution in [3.05, 3.63) is 29.8 Å². The van der Waals surface area contributed by atoms with Gasteiger partial charge in [-0.15, -0.1) is 0 Å². The molecule has 1 fully saturated rings. The molecule has 2 rings (SSSR count). The van der Waals surface area contributed by atoms with E-state index in [0.29, 0.717) is 30.7 Å². The van der Waals surface area contributed by atoms with Gasteiger partial charge in [-0.1, -0.05) is 26.2 Å². The number of carbonyl (C=O) groups is 3. The Bertz CT molecular complexity index is 583. The molecule has 1 unspecified atom stereocenters. The first-order chi connectivity index (χ1) is 11.6. The number of amides is 2. The van der Waals surface area contributed by atoms with Crippen LogP contribution in [0.2, 0.25) is 0 Å². The number of carbonyl (C=O) groups excluding carboxylic acids is 3. The minimum Gasteiger partial charge on any atom is -0.462 e. The summed E-state index contributed by atoms with van der Waals surface area (Å²) in [6.45, 7) is 2.56. The van der Waals surface area contributed by atoms with Crippen molar-refractivity contribution in [3.63, 3.8) is 0 Å². The summed E-state index contributed by atoms with van der Waals surface area (Å²) < 4.78 is 5.21. The monoisotopic (exact) mass is 332 g/mol. The van der Waals surface area contributed by atoms with Crippen LogP contribution in [0.5, 0.6) is 0 Å². The van der Waals surface area contributed by atoms with E-state index in [1.54, 1.807) is 24.3 Å². The van der Waals surface area contributed by atoms with E-state index >= 15 is 0 Å². The van der Waals surface area contributed by atoms with Gasteiger partial charge in [0.25, 0.3) is 0 Å². The highest BCUT2D eigenvalue weighted by molar-refractivity contribution is 5.99. The number of ether oxygens (including phenoxy) is 1. The maximum atomic E-state index is 12.0. The van der Waals surface area contributed by atoms with Gasteiger partial charge in [-0.25, -0.2) is 4.79 Å². The Hall–Kier alpha value is -2.37. The van der Waals surface area contributed by atoms with Crippen LogP contribution in [0, 0.1) is 0 Å². The summed E-state index contributed by atoms with van der Waals surface area (Å²) in [6, 6.07) is 6.07. The zero-order valence-corrected chi connectivity index (χ0v) is 14.0. The van der Waals surface area contributed by atoms with E-state index in [1.807, 2.05) is 0 Å². The van der Waals surface area contributed by atoms with E-state index in [2.05, 4.69) is 17.6 Å². The SMILES string of the molecule is CCCCCCOC(=O)c1ccc(NC(=O)C2CCC(=O)N2)cc1. The van der Waals surface area contributed by atoms with Gasteiger partial charge in [0.2, 0.25) is 11.8 Å². The zero-order valence-electron chi connectivity index (χ0n) is 14.0. The number of nitrogens with one attached hydrogen (secondary N) is 2. The molecule has 1 aliphatic rings. The number of esters is 1. The quantitative estimate of drug-likeness (QED) is 0.566. The molecule has 1 aromatic carbocycles. The molecule has 1 saturated heterocycles. The van der Waals surface area contributed by atoms with Crippen molar-refractivity contribution in [2.45, 2.75) is 51.5 Å². The Labute approximate surface area is 142 Å². The highest BCUT2D eigenvalue weighted by Gasteiger charge is 2.27. The van der Waals surface area contributed by atoms with Crippen molar-refractivity contribution in [1.82, 2.24) is 5.32 Å². The Kier molecular flexibility index (Phi) is 6.78. The lowest BCUT2D eigenvalue weighted by atomic mass is 10.2. The number of anilines is 1. The van der Waals surface area contributed by atoms with Crippen molar-refractivity contribution in [3.8, 4) is 0 Å². The lowest BCUT2D eigenvalue weighted by molar-refractivity contribution is -0.122. The number of unbranched alkanes of at least 4 members (excludes halogenated alkanes) is 3. The molecule has 24 heavy (non-hydrogen) atoms. The molecule has 1 aliphatic heterocycles. The van der Waals surface area contributed by atoms with E-state index in [0.717, 1.165) is 25.7 Å². The number of hydrogen-bond donors (Lipinski definition) is 2. The predicted octanol–water partition coefficient (Wildman–Crippen LogP) is 2.64. The number of rotatable bonds is 8. The van der Waals surface area contributed by atoms with Crippen molar-refractivity contribution in [1.29, 1.82) is 0 Å². The molecule has 0 radical (unpaired) electrons. The standard InChI is InChI=1S/C18H24N2O4/c1-2-3-4-5-12-24-18(23)13-6-8-14(9-7-13)19-17(22)15-10-11-16(21)20-15/h6-9,15H,2-5,10-12H2,1H3,(H,19,22)(H,20,21). The molecule has 130 valence electrons.